The maximum absolute atomic E-state index is 11.9. The van der Waals surface area contributed by atoms with Crippen LogP contribution in [0.5, 0.6) is 11.5 Å². The summed E-state index contributed by atoms with van der Waals surface area (Å²) in [6.45, 7) is 4.42. The molecule has 1 aliphatic rings. The fraction of sp³-hybridized carbons (Fsp3) is 0.615. The quantitative estimate of drug-likeness (QED) is 0.232. The second-order valence-corrected chi connectivity index (χ2v) is 8.86. The van der Waals surface area contributed by atoms with E-state index in [1.165, 1.54) is 29.6 Å². The SMILES string of the molecule is CCCCCc1cc(OCN(C)C(=O)OC)c(C2C=C(C)CCC2)c(OCN(C)C(=O)OC)c1. The van der Waals surface area contributed by atoms with Crippen LogP contribution in [0.15, 0.2) is 23.8 Å². The van der Waals surface area contributed by atoms with Crippen LogP contribution in [0.1, 0.15) is 69.4 Å². The fourth-order valence-electron chi connectivity index (χ4n) is 4.07. The molecule has 0 heterocycles. The van der Waals surface area contributed by atoms with Gasteiger partial charge in [0.25, 0.3) is 0 Å². The molecule has 34 heavy (non-hydrogen) atoms. The molecule has 0 saturated carbocycles. The molecule has 190 valence electrons. The lowest BCUT2D eigenvalue weighted by molar-refractivity contribution is 0.0953. The van der Waals surface area contributed by atoms with Crippen molar-refractivity contribution in [3.05, 3.63) is 34.9 Å². The Balaban J connectivity index is 2.45. The average molecular weight is 477 g/mol. The average Bonchev–Trinajstić information content (AvgIpc) is 2.84. The van der Waals surface area contributed by atoms with E-state index in [4.69, 9.17) is 18.9 Å². The molecule has 8 nitrogen and oxygen atoms in total. The lowest BCUT2D eigenvalue weighted by atomic mass is 9.84. The van der Waals surface area contributed by atoms with Crippen molar-refractivity contribution in [1.29, 1.82) is 0 Å². The molecule has 0 radical (unpaired) electrons. The molecular weight excluding hydrogens is 436 g/mol. The Morgan fingerprint density at radius 1 is 0.971 bits per heavy atom. The Labute approximate surface area is 203 Å². The van der Waals surface area contributed by atoms with Gasteiger partial charge in [0, 0.05) is 25.6 Å². The fourth-order valence-corrected chi connectivity index (χ4v) is 4.07. The first kappa shape index (κ1) is 27.3. The van der Waals surface area contributed by atoms with Gasteiger partial charge in [-0.25, -0.2) is 9.59 Å². The van der Waals surface area contributed by atoms with E-state index >= 15 is 0 Å². The second-order valence-electron chi connectivity index (χ2n) is 8.86. The van der Waals surface area contributed by atoms with Crippen LogP contribution in [0.25, 0.3) is 0 Å². The van der Waals surface area contributed by atoms with Gasteiger partial charge in [0.2, 0.25) is 0 Å². The number of nitrogens with zero attached hydrogens (tertiary/aromatic N) is 2. The van der Waals surface area contributed by atoms with Gasteiger partial charge in [0.15, 0.2) is 13.5 Å². The number of allylic oxidation sites excluding steroid dienone is 2. The highest BCUT2D eigenvalue weighted by molar-refractivity contribution is 5.67. The summed E-state index contributed by atoms with van der Waals surface area (Å²) in [5.74, 6) is 1.50. The van der Waals surface area contributed by atoms with Crippen LogP contribution in [0.2, 0.25) is 0 Å². The van der Waals surface area contributed by atoms with Gasteiger partial charge < -0.3 is 18.9 Å². The first-order chi connectivity index (χ1) is 16.3. The highest BCUT2D eigenvalue weighted by Crippen LogP contribution is 2.43. The van der Waals surface area contributed by atoms with Crippen molar-refractivity contribution in [3.8, 4) is 11.5 Å². The predicted octanol–water partition coefficient (Wildman–Crippen LogP) is 5.70. The van der Waals surface area contributed by atoms with Crippen LogP contribution < -0.4 is 9.47 Å². The minimum Gasteiger partial charge on any atom is -0.472 e. The van der Waals surface area contributed by atoms with Crippen LogP contribution in [-0.4, -0.2) is 63.8 Å². The standard InChI is InChI=1S/C26H40N2O6/c1-7-8-9-12-20-15-22(33-17-27(3)25(29)31-5)24(21-13-10-11-19(2)14-21)23(16-20)34-18-28(4)26(30)32-6/h14-16,21H,7-13,17-18H2,1-6H3. The van der Waals surface area contributed by atoms with Crippen molar-refractivity contribution in [2.75, 3.05) is 41.8 Å². The first-order valence-electron chi connectivity index (χ1n) is 12.0. The molecule has 0 N–H and O–H groups in total. The third-order valence-corrected chi connectivity index (χ3v) is 5.98. The van der Waals surface area contributed by atoms with E-state index in [1.54, 1.807) is 14.1 Å². The zero-order valence-electron chi connectivity index (χ0n) is 21.5. The molecule has 1 atom stereocenters. The molecule has 2 rings (SSSR count). The Morgan fingerprint density at radius 3 is 2.00 bits per heavy atom. The number of unbranched alkanes of at least 4 members (excludes halogenated alkanes) is 2. The summed E-state index contributed by atoms with van der Waals surface area (Å²) in [5, 5.41) is 0. The van der Waals surface area contributed by atoms with Crippen LogP contribution in [0, 0.1) is 0 Å². The van der Waals surface area contributed by atoms with Crippen LogP contribution in [0.3, 0.4) is 0 Å². The van der Waals surface area contributed by atoms with E-state index in [-0.39, 0.29) is 19.4 Å². The molecule has 0 aliphatic heterocycles. The number of hydrogen-bond donors (Lipinski definition) is 0. The molecule has 2 amide bonds. The maximum atomic E-state index is 11.9. The molecule has 0 fully saturated rings. The van der Waals surface area contributed by atoms with Gasteiger partial charge in [-0.2, -0.15) is 0 Å². The normalized spacial score (nSPS) is 15.2. The van der Waals surface area contributed by atoms with E-state index < -0.39 is 12.2 Å². The Hall–Kier alpha value is -2.90. The van der Waals surface area contributed by atoms with Crippen molar-refractivity contribution < 1.29 is 28.5 Å². The van der Waals surface area contributed by atoms with Crippen LogP contribution in [0.4, 0.5) is 9.59 Å². The van der Waals surface area contributed by atoms with Crippen molar-refractivity contribution in [2.24, 2.45) is 0 Å². The number of hydrogen-bond acceptors (Lipinski definition) is 6. The van der Waals surface area contributed by atoms with Gasteiger partial charge in [-0.05, 0) is 56.7 Å². The summed E-state index contributed by atoms with van der Waals surface area (Å²) in [5.41, 5.74) is 3.37. The van der Waals surface area contributed by atoms with E-state index in [2.05, 4.69) is 32.1 Å². The number of carbonyl (C=O) groups is 2. The highest BCUT2D eigenvalue weighted by atomic mass is 16.6. The molecule has 0 bridgehead atoms. The van der Waals surface area contributed by atoms with Crippen molar-refractivity contribution in [1.82, 2.24) is 9.80 Å². The van der Waals surface area contributed by atoms with Crippen LogP contribution >= 0.6 is 0 Å². The Bertz CT molecular complexity index is 807. The number of aryl methyl sites for hydroxylation is 1. The van der Waals surface area contributed by atoms with Gasteiger partial charge in [-0.3, -0.25) is 9.80 Å². The number of carbonyl (C=O) groups excluding carboxylic acids is 2. The molecule has 0 saturated heterocycles. The number of ether oxygens (including phenoxy) is 4. The lowest BCUT2D eigenvalue weighted by Crippen LogP contribution is -2.31. The zero-order chi connectivity index (χ0) is 25.1. The molecule has 1 unspecified atom stereocenters. The zero-order valence-corrected chi connectivity index (χ0v) is 21.5. The van der Waals surface area contributed by atoms with E-state index in [1.807, 2.05) is 0 Å². The number of benzene rings is 1. The second kappa shape index (κ2) is 13.7. The molecule has 1 aliphatic carbocycles. The summed E-state index contributed by atoms with van der Waals surface area (Å²) in [6, 6.07) is 4.12. The number of methoxy groups -OCH3 is 2. The summed E-state index contributed by atoms with van der Waals surface area (Å²) < 4.78 is 22.0. The maximum Gasteiger partial charge on any atom is 0.411 e. The largest absolute Gasteiger partial charge is 0.472 e. The molecule has 8 heteroatoms. The summed E-state index contributed by atoms with van der Waals surface area (Å²) in [7, 11) is 5.95. The lowest BCUT2D eigenvalue weighted by Gasteiger charge is -2.27. The summed E-state index contributed by atoms with van der Waals surface area (Å²) in [4.78, 5) is 26.5. The molecule has 0 spiro atoms. The predicted molar refractivity (Wildman–Crippen MR) is 131 cm³/mol. The topological polar surface area (TPSA) is 77.5 Å². The van der Waals surface area contributed by atoms with Crippen LogP contribution in [-0.2, 0) is 15.9 Å². The monoisotopic (exact) mass is 476 g/mol. The Morgan fingerprint density at radius 2 is 1.53 bits per heavy atom. The first-order valence-corrected chi connectivity index (χ1v) is 12.0. The highest BCUT2D eigenvalue weighted by Gasteiger charge is 2.25. The van der Waals surface area contributed by atoms with Gasteiger partial charge >= 0.3 is 12.2 Å². The summed E-state index contributed by atoms with van der Waals surface area (Å²) >= 11 is 0. The van der Waals surface area contributed by atoms with Gasteiger partial charge in [0.1, 0.15) is 11.5 Å². The van der Waals surface area contributed by atoms with E-state index in [9.17, 15) is 9.59 Å². The van der Waals surface area contributed by atoms with E-state index in [0.29, 0.717) is 11.5 Å². The van der Waals surface area contributed by atoms with Gasteiger partial charge in [0.05, 0.1) is 14.2 Å². The minimum atomic E-state index is -0.467. The molecule has 1 aromatic rings. The third kappa shape index (κ3) is 7.85. The Kier molecular flexibility index (Phi) is 11.0. The third-order valence-electron chi connectivity index (χ3n) is 5.98. The van der Waals surface area contributed by atoms with Gasteiger partial charge in [-0.1, -0.05) is 31.4 Å². The van der Waals surface area contributed by atoms with Crippen molar-refractivity contribution in [3.63, 3.8) is 0 Å². The number of amides is 2. The van der Waals surface area contributed by atoms with E-state index in [0.717, 1.165) is 56.1 Å². The van der Waals surface area contributed by atoms with Crippen molar-refractivity contribution in [2.45, 2.75) is 64.7 Å². The molecular formula is C26H40N2O6. The van der Waals surface area contributed by atoms with Gasteiger partial charge in [-0.15, -0.1) is 0 Å². The molecule has 1 aromatic carbocycles. The minimum absolute atomic E-state index is 0.0506. The number of rotatable bonds is 11. The smallest absolute Gasteiger partial charge is 0.411 e. The summed E-state index contributed by atoms with van der Waals surface area (Å²) in [6.07, 6.45) is 8.67. The van der Waals surface area contributed by atoms with Crippen molar-refractivity contribution >= 4 is 12.2 Å². The molecule has 0 aromatic heterocycles.